The van der Waals surface area contributed by atoms with Crippen LogP contribution in [0.5, 0.6) is 0 Å². The Morgan fingerprint density at radius 3 is 2.69 bits per heavy atom. The normalized spacial score (nSPS) is 28.0. The fraction of sp³-hybridized carbons (Fsp3) is 0.409. The van der Waals surface area contributed by atoms with Crippen LogP contribution in [-0.4, -0.2) is 29.0 Å². The Morgan fingerprint density at radius 1 is 1.19 bits per heavy atom. The predicted octanol–water partition coefficient (Wildman–Crippen LogP) is 4.41. The molecular formula is C22H24ClNO2. The first kappa shape index (κ1) is 17.6. The van der Waals surface area contributed by atoms with Crippen LogP contribution >= 0.6 is 11.6 Å². The zero-order valence-electron chi connectivity index (χ0n) is 15.0. The van der Waals surface area contributed by atoms with Crippen LogP contribution in [0.4, 0.5) is 0 Å². The summed E-state index contributed by atoms with van der Waals surface area (Å²) in [6.45, 7) is 3.24. The third-order valence-electron chi connectivity index (χ3n) is 6.17. The van der Waals surface area contributed by atoms with E-state index in [1.165, 1.54) is 0 Å². The van der Waals surface area contributed by atoms with E-state index in [1.54, 1.807) is 6.07 Å². The minimum absolute atomic E-state index is 0.0108. The molecule has 2 aromatic carbocycles. The van der Waals surface area contributed by atoms with Crippen LogP contribution in [-0.2, 0) is 5.60 Å². The largest absolute Gasteiger partial charge is 0.385 e. The molecule has 1 aliphatic heterocycles. The van der Waals surface area contributed by atoms with Gasteiger partial charge in [0, 0.05) is 29.6 Å². The van der Waals surface area contributed by atoms with Gasteiger partial charge in [0.25, 0.3) is 5.91 Å². The van der Waals surface area contributed by atoms with Gasteiger partial charge in [-0.1, -0.05) is 48.0 Å². The van der Waals surface area contributed by atoms with E-state index in [2.05, 4.69) is 0 Å². The Kier molecular flexibility index (Phi) is 4.54. The predicted molar refractivity (Wildman–Crippen MR) is 103 cm³/mol. The van der Waals surface area contributed by atoms with Crippen LogP contribution in [0, 0.1) is 18.8 Å². The van der Waals surface area contributed by atoms with Crippen LogP contribution in [0.2, 0.25) is 5.02 Å². The monoisotopic (exact) mass is 369 g/mol. The van der Waals surface area contributed by atoms with Gasteiger partial charge in [-0.2, -0.15) is 0 Å². The van der Waals surface area contributed by atoms with Crippen LogP contribution in [0.1, 0.15) is 40.7 Å². The van der Waals surface area contributed by atoms with Crippen molar-refractivity contribution < 1.29 is 9.90 Å². The highest BCUT2D eigenvalue weighted by atomic mass is 35.5. The summed E-state index contributed by atoms with van der Waals surface area (Å²) >= 11 is 6.20. The van der Waals surface area contributed by atoms with Crippen molar-refractivity contribution in [3.05, 3.63) is 70.2 Å². The number of amides is 1. The van der Waals surface area contributed by atoms with Gasteiger partial charge >= 0.3 is 0 Å². The molecule has 2 aromatic rings. The van der Waals surface area contributed by atoms with Gasteiger partial charge in [-0.05, 0) is 55.4 Å². The Labute approximate surface area is 159 Å². The van der Waals surface area contributed by atoms with Crippen molar-refractivity contribution in [1.29, 1.82) is 0 Å². The summed E-state index contributed by atoms with van der Waals surface area (Å²) < 4.78 is 0. The number of aliphatic hydroxyl groups is 1. The maximum Gasteiger partial charge on any atom is 0.253 e. The van der Waals surface area contributed by atoms with E-state index in [0.29, 0.717) is 29.6 Å². The second-order valence-electron chi connectivity index (χ2n) is 7.72. The smallest absolute Gasteiger partial charge is 0.253 e. The van der Waals surface area contributed by atoms with Gasteiger partial charge in [-0.15, -0.1) is 0 Å². The van der Waals surface area contributed by atoms with Crippen molar-refractivity contribution in [2.75, 3.05) is 13.1 Å². The van der Waals surface area contributed by atoms with Crippen molar-refractivity contribution >= 4 is 17.5 Å². The highest BCUT2D eigenvalue weighted by molar-refractivity contribution is 6.31. The van der Waals surface area contributed by atoms with Crippen molar-refractivity contribution in [3.8, 4) is 0 Å². The number of carbonyl (C=O) groups is 1. The van der Waals surface area contributed by atoms with E-state index in [1.807, 2.05) is 54.3 Å². The second kappa shape index (κ2) is 6.71. The summed E-state index contributed by atoms with van der Waals surface area (Å²) in [7, 11) is 0. The summed E-state index contributed by atoms with van der Waals surface area (Å²) in [4.78, 5) is 14.9. The molecule has 1 aliphatic carbocycles. The number of rotatable bonds is 2. The third-order valence-corrected chi connectivity index (χ3v) is 6.57. The number of likely N-dealkylation sites (tertiary alicyclic amines) is 1. The van der Waals surface area contributed by atoms with Gasteiger partial charge in [0.2, 0.25) is 0 Å². The van der Waals surface area contributed by atoms with Crippen molar-refractivity contribution in [1.82, 2.24) is 4.90 Å². The van der Waals surface area contributed by atoms with Crippen molar-refractivity contribution in [3.63, 3.8) is 0 Å². The molecule has 1 saturated heterocycles. The molecule has 1 amide bonds. The number of nitrogens with zero attached hydrogens (tertiary/aromatic N) is 1. The molecule has 136 valence electrons. The molecule has 0 bridgehead atoms. The van der Waals surface area contributed by atoms with Gasteiger partial charge < -0.3 is 10.0 Å². The number of fused-ring (bicyclic) bond motifs is 1. The Morgan fingerprint density at radius 2 is 1.96 bits per heavy atom. The fourth-order valence-electron chi connectivity index (χ4n) is 4.68. The van der Waals surface area contributed by atoms with E-state index in [0.717, 1.165) is 30.4 Å². The van der Waals surface area contributed by atoms with E-state index in [4.69, 9.17) is 11.6 Å². The third kappa shape index (κ3) is 2.93. The highest BCUT2D eigenvalue weighted by Crippen LogP contribution is 2.48. The van der Waals surface area contributed by atoms with E-state index < -0.39 is 5.60 Å². The number of carbonyl (C=O) groups excluding carboxylic acids is 1. The molecule has 1 heterocycles. The first-order valence-corrected chi connectivity index (χ1v) is 9.70. The summed E-state index contributed by atoms with van der Waals surface area (Å²) in [5.74, 6) is 0.444. The molecule has 3 atom stereocenters. The van der Waals surface area contributed by atoms with Crippen molar-refractivity contribution in [2.24, 2.45) is 11.8 Å². The van der Waals surface area contributed by atoms with Crippen LogP contribution in [0.25, 0.3) is 0 Å². The first-order chi connectivity index (χ1) is 12.5. The zero-order valence-corrected chi connectivity index (χ0v) is 15.7. The molecule has 1 saturated carbocycles. The number of hydrogen-bond donors (Lipinski definition) is 1. The minimum atomic E-state index is -0.843. The summed E-state index contributed by atoms with van der Waals surface area (Å²) in [5.41, 5.74) is 1.73. The molecule has 4 rings (SSSR count). The molecule has 2 aliphatic rings. The van der Waals surface area contributed by atoms with Gasteiger partial charge in [0.05, 0.1) is 5.60 Å². The Bertz CT molecular complexity index is 822. The number of hydrogen-bond acceptors (Lipinski definition) is 2. The second-order valence-corrected chi connectivity index (χ2v) is 8.13. The fourth-order valence-corrected chi connectivity index (χ4v) is 4.86. The molecule has 2 fully saturated rings. The molecule has 1 N–H and O–H groups in total. The quantitative estimate of drug-likeness (QED) is 0.851. The lowest BCUT2D eigenvalue weighted by atomic mass is 9.67. The van der Waals surface area contributed by atoms with E-state index in [9.17, 15) is 9.90 Å². The molecule has 0 radical (unpaired) electrons. The molecule has 0 aromatic heterocycles. The number of benzene rings is 2. The van der Waals surface area contributed by atoms with Crippen molar-refractivity contribution in [2.45, 2.75) is 31.8 Å². The molecule has 26 heavy (non-hydrogen) atoms. The number of halogens is 1. The molecular weight excluding hydrogens is 346 g/mol. The summed E-state index contributed by atoms with van der Waals surface area (Å²) in [5, 5.41) is 12.1. The average Bonchev–Trinajstić information content (AvgIpc) is 3.10. The van der Waals surface area contributed by atoms with Crippen LogP contribution in [0.15, 0.2) is 48.5 Å². The maximum atomic E-state index is 13.0. The molecule has 0 spiro atoms. The Hall–Kier alpha value is -1.84. The van der Waals surface area contributed by atoms with E-state index in [-0.39, 0.29) is 11.8 Å². The standard InChI is InChI=1S/C22H24ClNO2/c1-15-9-10-16(12-20(15)23)21(25)24-13-17-6-5-11-22(26,19(17)14-24)18-7-3-2-4-8-18/h2-4,7-10,12,17,19,26H,5-6,11,13-14H2,1H3/t17-,19+,22+/m0/s1. The Balaban J connectivity index is 1.59. The SMILES string of the molecule is Cc1ccc(C(=O)N2C[C@@H]3CCC[C@@](O)(c4ccccc4)[C@@H]3C2)cc1Cl. The lowest BCUT2D eigenvalue weighted by Gasteiger charge is -2.41. The molecule has 3 nitrogen and oxygen atoms in total. The van der Waals surface area contributed by atoms with Gasteiger partial charge in [-0.3, -0.25) is 4.79 Å². The van der Waals surface area contributed by atoms with Crippen LogP contribution < -0.4 is 0 Å². The summed E-state index contributed by atoms with van der Waals surface area (Å²) in [6.07, 6.45) is 2.82. The number of aryl methyl sites for hydroxylation is 1. The van der Waals surface area contributed by atoms with E-state index >= 15 is 0 Å². The maximum absolute atomic E-state index is 13.0. The van der Waals surface area contributed by atoms with Gasteiger partial charge in [0.15, 0.2) is 0 Å². The molecule has 0 unspecified atom stereocenters. The average molecular weight is 370 g/mol. The lowest BCUT2D eigenvalue weighted by molar-refractivity contribution is -0.0644. The lowest BCUT2D eigenvalue weighted by Crippen LogP contribution is -2.42. The minimum Gasteiger partial charge on any atom is -0.385 e. The summed E-state index contributed by atoms with van der Waals surface area (Å²) in [6, 6.07) is 15.4. The van der Waals surface area contributed by atoms with Gasteiger partial charge in [0.1, 0.15) is 0 Å². The topological polar surface area (TPSA) is 40.5 Å². The van der Waals surface area contributed by atoms with Gasteiger partial charge in [-0.25, -0.2) is 0 Å². The highest BCUT2D eigenvalue weighted by Gasteiger charge is 2.50. The zero-order chi connectivity index (χ0) is 18.3. The van der Waals surface area contributed by atoms with Crippen LogP contribution in [0.3, 0.4) is 0 Å². The first-order valence-electron chi connectivity index (χ1n) is 9.32. The molecule has 4 heteroatoms.